The molecule has 2 N–H and O–H groups in total. The Hall–Kier alpha value is -2.21. The average molecular weight is 325 g/mol. The van der Waals surface area contributed by atoms with E-state index in [-0.39, 0.29) is 5.91 Å². The summed E-state index contributed by atoms with van der Waals surface area (Å²) >= 11 is 0. The summed E-state index contributed by atoms with van der Waals surface area (Å²) in [7, 11) is 0. The van der Waals surface area contributed by atoms with Crippen molar-refractivity contribution < 1.29 is 4.79 Å². The van der Waals surface area contributed by atoms with Gasteiger partial charge in [-0.25, -0.2) is 4.68 Å². The number of piperidine rings is 1. The number of nitrogens with zero attached hydrogens (tertiary/aromatic N) is 3. The van der Waals surface area contributed by atoms with Crippen LogP contribution in [0.4, 0.5) is 5.69 Å². The fourth-order valence-electron chi connectivity index (χ4n) is 3.79. The topological polar surface area (TPSA) is 71.8 Å². The lowest BCUT2D eigenvalue weighted by Crippen LogP contribution is -2.30. The van der Waals surface area contributed by atoms with Crippen LogP contribution in [0.3, 0.4) is 0 Å². The van der Waals surface area contributed by atoms with Crippen molar-refractivity contribution in [2.24, 2.45) is 0 Å². The van der Waals surface area contributed by atoms with Crippen molar-refractivity contribution in [1.29, 1.82) is 0 Å². The van der Waals surface area contributed by atoms with Crippen LogP contribution in [0.2, 0.25) is 0 Å². The molecule has 1 aromatic heterocycles. The van der Waals surface area contributed by atoms with Gasteiger partial charge in [-0.1, -0.05) is 11.3 Å². The lowest BCUT2D eigenvalue weighted by molar-refractivity contribution is 0.102. The predicted octanol–water partition coefficient (Wildman–Crippen LogP) is 2.25. The highest BCUT2D eigenvalue weighted by Gasteiger charge is 2.23. The van der Waals surface area contributed by atoms with Crippen LogP contribution < -0.4 is 10.6 Å². The second kappa shape index (κ2) is 6.36. The van der Waals surface area contributed by atoms with E-state index in [1.165, 1.54) is 17.5 Å². The van der Waals surface area contributed by atoms with Crippen LogP contribution in [0.25, 0.3) is 0 Å². The molecule has 0 atom stereocenters. The van der Waals surface area contributed by atoms with Gasteiger partial charge < -0.3 is 10.6 Å². The molecular formula is C18H23N5O. The van der Waals surface area contributed by atoms with Gasteiger partial charge in [0.2, 0.25) is 0 Å². The molecule has 126 valence electrons. The van der Waals surface area contributed by atoms with Crippen molar-refractivity contribution in [2.75, 3.05) is 18.4 Å². The summed E-state index contributed by atoms with van der Waals surface area (Å²) in [4.78, 5) is 12.6. The summed E-state index contributed by atoms with van der Waals surface area (Å²) in [5.41, 5.74) is 4.87. The van der Waals surface area contributed by atoms with Gasteiger partial charge >= 0.3 is 0 Å². The minimum atomic E-state index is -0.175. The number of aryl methyl sites for hydroxylation is 2. The first kappa shape index (κ1) is 15.3. The molecule has 2 aliphatic rings. The van der Waals surface area contributed by atoms with E-state index in [0.29, 0.717) is 11.7 Å². The first-order valence-electron chi connectivity index (χ1n) is 8.78. The van der Waals surface area contributed by atoms with E-state index in [1.807, 2.05) is 17.7 Å². The largest absolute Gasteiger partial charge is 0.321 e. The summed E-state index contributed by atoms with van der Waals surface area (Å²) in [6.07, 6.45) is 5.50. The van der Waals surface area contributed by atoms with E-state index in [2.05, 4.69) is 33.1 Å². The minimum absolute atomic E-state index is 0.175. The monoisotopic (exact) mass is 325 g/mol. The number of rotatable bonds is 3. The molecule has 2 heterocycles. The molecule has 1 aliphatic carbocycles. The van der Waals surface area contributed by atoms with E-state index in [0.717, 1.165) is 50.2 Å². The molecule has 1 amide bonds. The van der Waals surface area contributed by atoms with Crippen LogP contribution in [0, 0.1) is 6.92 Å². The van der Waals surface area contributed by atoms with Gasteiger partial charge in [-0.05, 0) is 75.4 Å². The molecule has 4 rings (SSSR count). The highest BCUT2D eigenvalue weighted by molar-refractivity contribution is 6.03. The minimum Gasteiger partial charge on any atom is -0.321 e. The Kier molecular flexibility index (Phi) is 4.06. The highest BCUT2D eigenvalue weighted by atomic mass is 16.2. The number of amides is 1. The predicted molar refractivity (Wildman–Crippen MR) is 92.3 cm³/mol. The van der Waals surface area contributed by atoms with Gasteiger partial charge in [-0.2, -0.15) is 0 Å². The molecule has 1 aromatic carbocycles. The Morgan fingerprint density at radius 1 is 1.25 bits per heavy atom. The Morgan fingerprint density at radius 2 is 2.04 bits per heavy atom. The number of anilines is 1. The number of nitrogens with one attached hydrogen (secondary N) is 2. The van der Waals surface area contributed by atoms with Crippen LogP contribution in [0.1, 0.15) is 52.6 Å². The maximum absolute atomic E-state index is 12.6. The van der Waals surface area contributed by atoms with Gasteiger partial charge in [0.05, 0.1) is 11.7 Å². The van der Waals surface area contributed by atoms with Crippen LogP contribution >= 0.6 is 0 Å². The first-order valence-corrected chi connectivity index (χ1v) is 8.78. The lowest BCUT2D eigenvalue weighted by atomic mass is 10.1. The van der Waals surface area contributed by atoms with E-state index < -0.39 is 0 Å². The maximum atomic E-state index is 12.6. The average Bonchev–Trinajstić information content (AvgIpc) is 3.21. The molecule has 1 saturated heterocycles. The number of carbonyl (C=O) groups is 1. The molecule has 0 spiro atoms. The molecule has 0 unspecified atom stereocenters. The number of aromatic nitrogens is 3. The quantitative estimate of drug-likeness (QED) is 0.908. The van der Waals surface area contributed by atoms with Crippen LogP contribution in [-0.2, 0) is 12.8 Å². The van der Waals surface area contributed by atoms with Crippen molar-refractivity contribution >= 4 is 11.6 Å². The maximum Gasteiger partial charge on any atom is 0.278 e. The third-order valence-corrected chi connectivity index (χ3v) is 5.15. The molecule has 24 heavy (non-hydrogen) atoms. The van der Waals surface area contributed by atoms with Gasteiger partial charge in [0, 0.05) is 5.69 Å². The molecule has 1 aliphatic heterocycles. The van der Waals surface area contributed by atoms with Crippen LogP contribution in [0.5, 0.6) is 0 Å². The Bertz CT molecular complexity index is 761. The summed E-state index contributed by atoms with van der Waals surface area (Å²) in [6.45, 7) is 3.90. The Morgan fingerprint density at radius 3 is 2.88 bits per heavy atom. The number of carbonyl (C=O) groups excluding carboxylic acids is 1. The van der Waals surface area contributed by atoms with Crippen molar-refractivity contribution in [3.05, 3.63) is 40.7 Å². The zero-order valence-corrected chi connectivity index (χ0v) is 14.0. The molecule has 1 fully saturated rings. The second-order valence-electron chi connectivity index (χ2n) is 6.74. The van der Waals surface area contributed by atoms with Crippen molar-refractivity contribution in [3.63, 3.8) is 0 Å². The molecular weight excluding hydrogens is 302 g/mol. The summed E-state index contributed by atoms with van der Waals surface area (Å²) in [5, 5.41) is 14.7. The first-order chi connectivity index (χ1) is 11.7. The fraction of sp³-hybridized carbons (Fsp3) is 0.500. The van der Waals surface area contributed by atoms with Crippen molar-refractivity contribution in [1.82, 2.24) is 20.3 Å². The third kappa shape index (κ3) is 2.82. The van der Waals surface area contributed by atoms with Gasteiger partial charge in [-0.15, -0.1) is 5.10 Å². The summed E-state index contributed by atoms with van der Waals surface area (Å²) in [6, 6.07) is 6.53. The van der Waals surface area contributed by atoms with Crippen molar-refractivity contribution in [3.8, 4) is 0 Å². The fourth-order valence-corrected chi connectivity index (χ4v) is 3.79. The van der Waals surface area contributed by atoms with Gasteiger partial charge in [0.15, 0.2) is 5.69 Å². The summed E-state index contributed by atoms with van der Waals surface area (Å²) < 4.78 is 1.92. The molecule has 2 aromatic rings. The number of hydrogen-bond acceptors (Lipinski definition) is 4. The Labute approximate surface area is 141 Å². The smallest absolute Gasteiger partial charge is 0.278 e. The molecule has 0 saturated carbocycles. The Balaban J connectivity index is 1.51. The van der Waals surface area contributed by atoms with E-state index >= 15 is 0 Å². The molecule has 0 radical (unpaired) electrons. The van der Waals surface area contributed by atoms with Gasteiger partial charge in [0.1, 0.15) is 0 Å². The van der Waals surface area contributed by atoms with Crippen LogP contribution in [-0.4, -0.2) is 34.0 Å². The van der Waals surface area contributed by atoms with E-state index in [1.54, 1.807) is 0 Å². The SMILES string of the molecule is Cc1c(C(=O)Nc2ccc3c(c2)CCC3)nnn1C1CCNCC1. The van der Waals surface area contributed by atoms with Gasteiger partial charge in [-0.3, -0.25) is 4.79 Å². The molecule has 6 nitrogen and oxygen atoms in total. The summed E-state index contributed by atoms with van der Waals surface area (Å²) in [5.74, 6) is -0.175. The lowest BCUT2D eigenvalue weighted by Gasteiger charge is -2.23. The third-order valence-electron chi connectivity index (χ3n) is 5.15. The number of hydrogen-bond donors (Lipinski definition) is 2. The molecule has 0 bridgehead atoms. The van der Waals surface area contributed by atoms with Crippen LogP contribution in [0.15, 0.2) is 18.2 Å². The zero-order chi connectivity index (χ0) is 16.5. The molecule has 6 heteroatoms. The van der Waals surface area contributed by atoms with E-state index in [9.17, 15) is 4.79 Å². The van der Waals surface area contributed by atoms with Gasteiger partial charge in [0.25, 0.3) is 5.91 Å². The normalized spacial score (nSPS) is 17.7. The second-order valence-corrected chi connectivity index (χ2v) is 6.74. The van der Waals surface area contributed by atoms with E-state index in [4.69, 9.17) is 0 Å². The highest BCUT2D eigenvalue weighted by Crippen LogP contribution is 2.25. The number of fused-ring (bicyclic) bond motifs is 1. The standard InChI is InChI=1S/C18H23N5O/c1-12-17(21-22-23(12)16-7-9-19-10-8-16)18(24)20-15-6-5-13-3-2-4-14(13)11-15/h5-6,11,16,19H,2-4,7-10H2,1H3,(H,20,24). The zero-order valence-electron chi connectivity index (χ0n) is 14.0. The van der Waals surface area contributed by atoms with Crippen molar-refractivity contribution in [2.45, 2.75) is 45.1 Å². The number of benzene rings is 1.